The minimum absolute atomic E-state index is 0.0600. The molecule has 5 aliphatic rings. The zero-order chi connectivity index (χ0) is 24.8. The smallest absolute Gasteiger partial charge is 0.336 e. The molecule has 0 aromatic carbocycles. The Labute approximate surface area is 201 Å². The number of allylic oxidation sites excluding steroid dienone is 3. The van der Waals surface area contributed by atoms with Crippen LogP contribution in [-0.2, 0) is 23.9 Å². The van der Waals surface area contributed by atoms with Crippen molar-refractivity contribution in [1.29, 1.82) is 0 Å². The third-order valence-electron chi connectivity index (χ3n) is 10.4. The number of cyclic esters (lactones) is 1. The van der Waals surface area contributed by atoms with Crippen molar-refractivity contribution < 1.29 is 29.0 Å². The fraction of sp³-hybridized carbons (Fsp3) is 0.679. The third-order valence-corrected chi connectivity index (χ3v) is 10.4. The lowest BCUT2D eigenvalue weighted by molar-refractivity contribution is -0.187. The highest BCUT2D eigenvalue weighted by atomic mass is 16.6. The van der Waals surface area contributed by atoms with Crippen molar-refractivity contribution in [1.82, 2.24) is 0 Å². The summed E-state index contributed by atoms with van der Waals surface area (Å²) in [6.45, 7) is 12.2. The van der Waals surface area contributed by atoms with Gasteiger partial charge in [0, 0.05) is 29.2 Å². The normalized spacial score (nSPS) is 46.6. The molecule has 34 heavy (non-hydrogen) atoms. The minimum atomic E-state index is -1.18. The molecule has 8 atom stereocenters. The van der Waals surface area contributed by atoms with Crippen molar-refractivity contribution in [2.75, 3.05) is 0 Å². The second-order valence-electron chi connectivity index (χ2n) is 12.3. The Morgan fingerprint density at radius 2 is 1.85 bits per heavy atom. The number of carbonyl (C=O) groups is 3. The van der Waals surface area contributed by atoms with Gasteiger partial charge in [0.25, 0.3) is 0 Å². The average molecular weight is 469 g/mol. The lowest BCUT2D eigenvalue weighted by Gasteiger charge is -2.66. The maximum absolute atomic E-state index is 12.9. The number of carbonyl (C=O) groups excluding carboxylic acids is 3. The van der Waals surface area contributed by atoms with E-state index in [9.17, 15) is 19.5 Å². The summed E-state index contributed by atoms with van der Waals surface area (Å²) < 4.78 is 11.1. The van der Waals surface area contributed by atoms with Gasteiger partial charge in [-0.25, -0.2) is 4.79 Å². The Morgan fingerprint density at radius 3 is 2.47 bits per heavy atom. The molecule has 184 valence electrons. The summed E-state index contributed by atoms with van der Waals surface area (Å²) in [6, 6.07) is 0. The summed E-state index contributed by atoms with van der Waals surface area (Å²) in [5.74, 6) is -0.454. The van der Waals surface area contributed by atoms with Crippen LogP contribution >= 0.6 is 0 Å². The van der Waals surface area contributed by atoms with Gasteiger partial charge in [0.2, 0.25) is 6.29 Å². The van der Waals surface area contributed by atoms with Gasteiger partial charge in [0.05, 0.1) is 0 Å². The first-order valence-corrected chi connectivity index (χ1v) is 12.5. The molecule has 0 aromatic heterocycles. The number of fused-ring (bicyclic) bond motifs is 5. The van der Waals surface area contributed by atoms with Crippen molar-refractivity contribution in [3.63, 3.8) is 0 Å². The molecule has 1 N–H and O–H groups in total. The van der Waals surface area contributed by atoms with Gasteiger partial charge in [-0.05, 0) is 60.5 Å². The van der Waals surface area contributed by atoms with Gasteiger partial charge in [-0.1, -0.05) is 52.3 Å². The second-order valence-corrected chi connectivity index (χ2v) is 12.3. The number of esters is 2. The molecule has 4 aliphatic carbocycles. The first kappa shape index (κ1) is 23.5. The molecule has 2 saturated carbocycles. The lowest BCUT2D eigenvalue weighted by Crippen LogP contribution is -2.64. The molecule has 0 aromatic rings. The Bertz CT molecular complexity index is 1060. The quantitative estimate of drug-likeness (QED) is 0.481. The maximum Gasteiger partial charge on any atom is 0.336 e. The molecule has 2 fully saturated rings. The average Bonchev–Trinajstić information content (AvgIpc) is 3.25. The minimum Gasteiger partial charge on any atom is -0.462 e. The van der Waals surface area contributed by atoms with Gasteiger partial charge in [-0.3, -0.25) is 9.59 Å². The molecule has 6 heteroatoms. The van der Waals surface area contributed by atoms with Crippen LogP contribution in [0.3, 0.4) is 0 Å². The van der Waals surface area contributed by atoms with Crippen molar-refractivity contribution >= 4 is 17.7 Å². The van der Waals surface area contributed by atoms with Crippen LogP contribution in [0.1, 0.15) is 67.2 Å². The van der Waals surface area contributed by atoms with E-state index >= 15 is 0 Å². The number of ether oxygens (including phenoxy) is 2. The summed E-state index contributed by atoms with van der Waals surface area (Å²) in [5, 5.41) is 9.89. The van der Waals surface area contributed by atoms with Crippen LogP contribution in [0, 0.1) is 39.4 Å². The van der Waals surface area contributed by atoms with Gasteiger partial charge < -0.3 is 14.6 Å². The predicted octanol–water partition coefficient (Wildman–Crippen LogP) is 4.28. The summed E-state index contributed by atoms with van der Waals surface area (Å²) in [4.78, 5) is 37.7. The summed E-state index contributed by atoms with van der Waals surface area (Å²) in [6.07, 6.45) is 9.23. The SMILES string of the molecule is CC(=O)O[C@@H]1C[C@H]2C(C)(C)C(=O)C=C[C@]2(C)[C@H]2CC[C@]3(C)C(=CC[C@H]3C3=C[C@H](O)OC3=O)[C@@]21C. The number of rotatable bonds is 2. The van der Waals surface area contributed by atoms with Crippen LogP contribution in [0.4, 0.5) is 0 Å². The fourth-order valence-electron chi connectivity index (χ4n) is 8.78. The number of hydrogen-bond donors (Lipinski definition) is 1. The van der Waals surface area contributed by atoms with Crippen molar-refractivity contribution in [2.45, 2.75) is 79.6 Å². The molecular formula is C28H36O6. The van der Waals surface area contributed by atoms with E-state index in [0.717, 1.165) is 12.8 Å². The van der Waals surface area contributed by atoms with Gasteiger partial charge in [-0.15, -0.1) is 0 Å². The van der Waals surface area contributed by atoms with E-state index in [-0.39, 0.29) is 46.4 Å². The number of aliphatic hydroxyl groups excluding tert-OH is 1. The van der Waals surface area contributed by atoms with E-state index < -0.39 is 23.1 Å². The van der Waals surface area contributed by atoms with Crippen LogP contribution < -0.4 is 0 Å². The lowest BCUT2D eigenvalue weighted by atomic mass is 9.38. The summed E-state index contributed by atoms with van der Waals surface area (Å²) >= 11 is 0. The van der Waals surface area contributed by atoms with E-state index in [1.165, 1.54) is 12.5 Å². The van der Waals surface area contributed by atoms with Gasteiger partial charge in [-0.2, -0.15) is 0 Å². The zero-order valence-corrected chi connectivity index (χ0v) is 21.0. The van der Waals surface area contributed by atoms with Crippen LogP contribution in [-0.4, -0.2) is 35.2 Å². The second kappa shape index (κ2) is 7.16. The van der Waals surface area contributed by atoms with Crippen LogP contribution in [0.2, 0.25) is 0 Å². The standard InChI is InChI=1S/C28H36O6/c1-15(29)33-22-14-20-25(2,3)21(30)10-12-27(20,5)19-9-11-26(4)17(7-8-18(26)28(19,22)6)16-13-23(31)34-24(16)32/h8,10,12-13,17,19-20,22-23,31H,7,9,11,14H2,1-6H3/t17-,19+,20-,22+,23+,26-,27+,28-/m0/s1. The Kier molecular flexibility index (Phi) is 4.95. The number of aliphatic hydroxyl groups is 1. The van der Waals surface area contributed by atoms with Crippen molar-refractivity contribution in [3.8, 4) is 0 Å². The van der Waals surface area contributed by atoms with Gasteiger partial charge >= 0.3 is 11.9 Å². The summed E-state index contributed by atoms with van der Waals surface area (Å²) in [7, 11) is 0. The Morgan fingerprint density at radius 1 is 1.15 bits per heavy atom. The monoisotopic (exact) mass is 468 g/mol. The fourth-order valence-corrected chi connectivity index (χ4v) is 8.78. The third kappa shape index (κ3) is 2.87. The van der Waals surface area contributed by atoms with Crippen molar-refractivity contribution in [3.05, 3.63) is 35.5 Å². The van der Waals surface area contributed by atoms with E-state index in [2.05, 4.69) is 32.9 Å². The Balaban J connectivity index is 1.62. The number of hydrogen-bond acceptors (Lipinski definition) is 6. The van der Waals surface area contributed by atoms with Crippen LogP contribution in [0.15, 0.2) is 35.5 Å². The molecular weight excluding hydrogens is 432 g/mol. The van der Waals surface area contributed by atoms with Gasteiger partial charge in [0.15, 0.2) is 5.78 Å². The highest BCUT2D eigenvalue weighted by Gasteiger charge is 2.68. The highest BCUT2D eigenvalue weighted by Crippen LogP contribution is 2.72. The van der Waals surface area contributed by atoms with E-state index in [0.29, 0.717) is 18.4 Å². The Hall–Kier alpha value is -2.21. The molecule has 0 amide bonds. The predicted molar refractivity (Wildman–Crippen MR) is 125 cm³/mol. The molecule has 1 heterocycles. The van der Waals surface area contributed by atoms with Crippen LogP contribution in [0.25, 0.3) is 0 Å². The number of ketones is 1. The first-order valence-electron chi connectivity index (χ1n) is 12.5. The molecule has 0 spiro atoms. The molecule has 6 nitrogen and oxygen atoms in total. The molecule has 0 bridgehead atoms. The van der Waals surface area contributed by atoms with Gasteiger partial charge in [0.1, 0.15) is 6.10 Å². The van der Waals surface area contributed by atoms with E-state index in [1.807, 2.05) is 13.8 Å². The zero-order valence-electron chi connectivity index (χ0n) is 21.0. The van der Waals surface area contributed by atoms with E-state index in [4.69, 9.17) is 9.47 Å². The van der Waals surface area contributed by atoms with Crippen LogP contribution in [0.5, 0.6) is 0 Å². The largest absolute Gasteiger partial charge is 0.462 e. The highest BCUT2D eigenvalue weighted by molar-refractivity contribution is 5.96. The summed E-state index contributed by atoms with van der Waals surface area (Å²) in [5.41, 5.74) is 0.310. The first-order chi connectivity index (χ1) is 15.8. The molecule has 0 radical (unpaired) electrons. The molecule has 0 saturated heterocycles. The molecule has 5 rings (SSSR count). The molecule has 1 aliphatic heterocycles. The van der Waals surface area contributed by atoms with E-state index in [1.54, 1.807) is 12.2 Å². The maximum atomic E-state index is 12.9. The molecule has 0 unspecified atom stereocenters. The van der Waals surface area contributed by atoms with Crippen molar-refractivity contribution in [2.24, 2.45) is 39.4 Å². The topological polar surface area (TPSA) is 89.9 Å².